The maximum Gasteiger partial charge on any atom is 0.410 e. The number of nitrogens with one attached hydrogen (secondary N) is 1. The second-order valence-electron chi connectivity index (χ2n) is 6.20. The van der Waals surface area contributed by atoms with Crippen molar-refractivity contribution in [2.75, 3.05) is 26.7 Å². The summed E-state index contributed by atoms with van der Waals surface area (Å²) in [4.78, 5) is 13.7. The van der Waals surface area contributed by atoms with Crippen molar-refractivity contribution in [3.63, 3.8) is 0 Å². The molecule has 4 heteroatoms. The molecule has 0 radical (unpaired) electrons. The topological polar surface area (TPSA) is 41.6 Å². The van der Waals surface area contributed by atoms with Gasteiger partial charge in [0.15, 0.2) is 0 Å². The van der Waals surface area contributed by atoms with Gasteiger partial charge in [-0.1, -0.05) is 6.92 Å². The van der Waals surface area contributed by atoms with E-state index in [1.54, 1.807) is 4.90 Å². The number of rotatable bonds is 8. The Bertz CT molecular complexity index is 249. The summed E-state index contributed by atoms with van der Waals surface area (Å²) >= 11 is 0. The Morgan fingerprint density at radius 1 is 1.32 bits per heavy atom. The zero-order chi connectivity index (χ0) is 14.9. The first-order chi connectivity index (χ1) is 8.80. The zero-order valence-corrected chi connectivity index (χ0v) is 13.6. The summed E-state index contributed by atoms with van der Waals surface area (Å²) < 4.78 is 5.40. The highest BCUT2D eigenvalue weighted by Crippen LogP contribution is 2.13. The average molecular weight is 272 g/mol. The standard InChI is InChI=1S/C15H32N2O2/c1-7-17(14(18)19-15(3,4)5)12-10-13(2)9-8-11-16-6/h13,16H,7-12H2,1-6H3. The van der Waals surface area contributed by atoms with E-state index in [0.29, 0.717) is 12.5 Å². The van der Waals surface area contributed by atoms with Gasteiger partial charge in [0, 0.05) is 13.1 Å². The van der Waals surface area contributed by atoms with E-state index in [1.807, 2.05) is 34.7 Å². The first-order valence-electron chi connectivity index (χ1n) is 7.42. The fourth-order valence-electron chi connectivity index (χ4n) is 1.85. The monoisotopic (exact) mass is 272 g/mol. The Balaban J connectivity index is 4.02. The molecule has 1 N–H and O–H groups in total. The van der Waals surface area contributed by atoms with Gasteiger partial charge in [0.1, 0.15) is 5.60 Å². The van der Waals surface area contributed by atoms with Gasteiger partial charge in [-0.25, -0.2) is 4.79 Å². The summed E-state index contributed by atoms with van der Waals surface area (Å²) in [5.74, 6) is 0.643. The molecular formula is C15H32N2O2. The van der Waals surface area contributed by atoms with Crippen molar-refractivity contribution in [2.24, 2.45) is 5.92 Å². The molecule has 0 bridgehead atoms. The number of amides is 1. The van der Waals surface area contributed by atoms with Gasteiger partial charge in [0.05, 0.1) is 0 Å². The molecule has 0 aliphatic heterocycles. The van der Waals surface area contributed by atoms with Crippen LogP contribution in [0.4, 0.5) is 4.79 Å². The largest absolute Gasteiger partial charge is 0.444 e. The maximum atomic E-state index is 12.0. The van der Waals surface area contributed by atoms with Gasteiger partial charge in [0.2, 0.25) is 0 Å². The minimum Gasteiger partial charge on any atom is -0.444 e. The van der Waals surface area contributed by atoms with Crippen LogP contribution in [0, 0.1) is 5.92 Å². The average Bonchev–Trinajstić information content (AvgIpc) is 2.27. The summed E-state index contributed by atoms with van der Waals surface area (Å²) in [5.41, 5.74) is -0.414. The predicted molar refractivity (Wildman–Crippen MR) is 80.4 cm³/mol. The summed E-state index contributed by atoms with van der Waals surface area (Å²) in [6, 6.07) is 0. The highest BCUT2D eigenvalue weighted by atomic mass is 16.6. The van der Waals surface area contributed by atoms with Crippen LogP contribution >= 0.6 is 0 Å². The summed E-state index contributed by atoms with van der Waals surface area (Å²) in [6.45, 7) is 12.5. The number of carbonyl (C=O) groups is 1. The van der Waals surface area contributed by atoms with Crippen LogP contribution < -0.4 is 5.32 Å². The minimum atomic E-state index is -0.414. The third-order valence-corrected chi connectivity index (χ3v) is 3.05. The predicted octanol–water partition coefficient (Wildman–Crippen LogP) is 3.27. The first kappa shape index (κ1) is 18.2. The first-order valence-corrected chi connectivity index (χ1v) is 7.42. The van der Waals surface area contributed by atoms with Crippen molar-refractivity contribution in [2.45, 2.75) is 59.5 Å². The second-order valence-corrected chi connectivity index (χ2v) is 6.20. The molecule has 0 aliphatic carbocycles. The molecule has 0 aromatic carbocycles. The lowest BCUT2D eigenvalue weighted by molar-refractivity contribution is 0.0251. The molecule has 0 rings (SSSR count). The molecule has 0 aromatic heterocycles. The van der Waals surface area contributed by atoms with Gasteiger partial charge in [-0.3, -0.25) is 0 Å². The highest BCUT2D eigenvalue weighted by molar-refractivity contribution is 5.68. The van der Waals surface area contributed by atoms with Crippen molar-refractivity contribution >= 4 is 6.09 Å². The molecule has 1 unspecified atom stereocenters. The van der Waals surface area contributed by atoms with Crippen LogP contribution in [-0.4, -0.2) is 43.3 Å². The number of hydrogen-bond donors (Lipinski definition) is 1. The SMILES string of the molecule is CCN(CCC(C)CCCNC)C(=O)OC(C)(C)C. The number of hydrogen-bond acceptors (Lipinski definition) is 3. The van der Waals surface area contributed by atoms with Crippen molar-refractivity contribution < 1.29 is 9.53 Å². The van der Waals surface area contributed by atoms with Crippen LogP contribution in [0.1, 0.15) is 53.9 Å². The summed E-state index contributed by atoms with van der Waals surface area (Å²) in [6.07, 6.45) is 3.23. The molecule has 0 saturated carbocycles. The van der Waals surface area contributed by atoms with Crippen LogP contribution in [0.2, 0.25) is 0 Å². The van der Waals surface area contributed by atoms with Gasteiger partial charge in [-0.05, 0) is 66.5 Å². The van der Waals surface area contributed by atoms with E-state index in [9.17, 15) is 4.79 Å². The highest BCUT2D eigenvalue weighted by Gasteiger charge is 2.21. The Kier molecular flexibility index (Phi) is 8.81. The lowest BCUT2D eigenvalue weighted by Crippen LogP contribution is -2.37. The smallest absolute Gasteiger partial charge is 0.410 e. The molecule has 0 spiro atoms. The Hall–Kier alpha value is -0.770. The molecule has 0 fully saturated rings. The van der Waals surface area contributed by atoms with Gasteiger partial charge in [-0.2, -0.15) is 0 Å². The molecule has 19 heavy (non-hydrogen) atoms. The molecule has 0 aromatic rings. The van der Waals surface area contributed by atoms with E-state index < -0.39 is 5.60 Å². The van der Waals surface area contributed by atoms with Crippen molar-refractivity contribution in [1.82, 2.24) is 10.2 Å². The molecule has 1 amide bonds. The molecule has 114 valence electrons. The number of carbonyl (C=O) groups excluding carboxylic acids is 1. The van der Waals surface area contributed by atoms with Gasteiger partial charge in [0.25, 0.3) is 0 Å². The van der Waals surface area contributed by atoms with Crippen molar-refractivity contribution in [1.29, 1.82) is 0 Å². The van der Waals surface area contributed by atoms with E-state index in [2.05, 4.69) is 12.2 Å². The summed E-state index contributed by atoms with van der Waals surface area (Å²) in [7, 11) is 1.98. The lowest BCUT2D eigenvalue weighted by atomic mass is 10.0. The van der Waals surface area contributed by atoms with Crippen molar-refractivity contribution in [3.8, 4) is 0 Å². The molecule has 0 aliphatic rings. The number of ether oxygens (including phenoxy) is 1. The lowest BCUT2D eigenvalue weighted by Gasteiger charge is -2.27. The fourth-order valence-corrected chi connectivity index (χ4v) is 1.85. The minimum absolute atomic E-state index is 0.197. The fraction of sp³-hybridized carbons (Fsp3) is 0.933. The van der Waals surface area contributed by atoms with Crippen LogP contribution in [-0.2, 0) is 4.74 Å². The van der Waals surface area contributed by atoms with Crippen LogP contribution in [0.5, 0.6) is 0 Å². The molecule has 0 heterocycles. The zero-order valence-electron chi connectivity index (χ0n) is 13.6. The van der Waals surface area contributed by atoms with E-state index in [4.69, 9.17) is 4.74 Å². The number of nitrogens with zero attached hydrogens (tertiary/aromatic N) is 1. The molecule has 0 saturated heterocycles. The normalized spacial score (nSPS) is 13.2. The van der Waals surface area contributed by atoms with E-state index >= 15 is 0 Å². The van der Waals surface area contributed by atoms with Gasteiger partial charge < -0.3 is 15.0 Å². The van der Waals surface area contributed by atoms with Gasteiger partial charge in [-0.15, -0.1) is 0 Å². The second kappa shape index (κ2) is 9.18. The van der Waals surface area contributed by atoms with Crippen LogP contribution in [0.25, 0.3) is 0 Å². The summed E-state index contributed by atoms with van der Waals surface area (Å²) in [5, 5.41) is 3.16. The van der Waals surface area contributed by atoms with Crippen molar-refractivity contribution in [3.05, 3.63) is 0 Å². The maximum absolute atomic E-state index is 12.0. The Labute approximate surface area is 118 Å². The Morgan fingerprint density at radius 3 is 2.42 bits per heavy atom. The third kappa shape index (κ3) is 9.77. The van der Waals surface area contributed by atoms with E-state index in [-0.39, 0.29) is 6.09 Å². The van der Waals surface area contributed by atoms with E-state index in [0.717, 1.165) is 19.5 Å². The van der Waals surface area contributed by atoms with E-state index in [1.165, 1.54) is 12.8 Å². The van der Waals surface area contributed by atoms with Crippen LogP contribution in [0.3, 0.4) is 0 Å². The molecule has 1 atom stereocenters. The molecular weight excluding hydrogens is 240 g/mol. The van der Waals surface area contributed by atoms with Crippen LogP contribution in [0.15, 0.2) is 0 Å². The Morgan fingerprint density at radius 2 is 1.95 bits per heavy atom. The third-order valence-electron chi connectivity index (χ3n) is 3.05. The van der Waals surface area contributed by atoms with Gasteiger partial charge >= 0.3 is 6.09 Å². The quantitative estimate of drug-likeness (QED) is 0.690. The molecule has 4 nitrogen and oxygen atoms in total.